The summed E-state index contributed by atoms with van der Waals surface area (Å²) in [5, 5.41) is 3.50. The van der Waals surface area contributed by atoms with E-state index in [0.29, 0.717) is 0 Å². The highest BCUT2D eigenvalue weighted by Gasteiger charge is 2.11. The molecule has 1 aliphatic heterocycles. The summed E-state index contributed by atoms with van der Waals surface area (Å²) in [4.78, 5) is 10.4. The number of hydrogen-bond acceptors (Lipinski definition) is 5. The van der Waals surface area contributed by atoms with E-state index in [1.807, 2.05) is 18.2 Å². The second-order valence-electron chi connectivity index (χ2n) is 7.67. The van der Waals surface area contributed by atoms with Gasteiger partial charge in [-0.2, -0.15) is 0 Å². The first-order valence-electron chi connectivity index (χ1n) is 10.6. The maximum absolute atomic E-state index is 5.43. The zero-order chi connectivity index (χ0) is 21.0. The van der Waals surface area contributed by atoms with Crippen LogP contribution in [0, 0.1) is 0 Å². The fourth-order valence-corrected chi connectivity index (χ4v) is 3.85. The molecule has 31 heavy (non-hydrogen) atoms. The molecule has 0 saturated carbocycles. The molecule has 1 fully saturated rings. The number of rotatable bonds is 6. The third kappa shape index (κ3) is 4.34. The fraction of sp³-hybridized carbons (Fsp3) is 0.240. The highest BCUT2D eigenvalue weighted by atomic mass is 16.5. The lowest BCUT2D eigenvalue weighted by Crippen LogP contribution is -2.36. The van der Waals surface area contributed by atoms with Gasteiger partial charge in [0.25, 0.3) is 0 Å². The second-order valence-corrected chi connectivity index (χ2v) is 7.67. The SMILES string of the molecule is COc1ccc2nc(-c3ccc(CNc4ccc(N5CCOCC5)cc4)cc3)[nH]c2c1. The van der Waals surface area contributed by atoms with Gasteiger partial charge in [0.1, 0.15) is 11.6 Å². The Morgan fingerprint density at radius 3 is 2.52 bits per heavy atom. The summed E-state index contributed by atoms with van der Waals surface area (Å²) in [5.74, 6) is 1.68. The van der Waals surface area contributed by atoms with E-state index in [2.05, 4.69) is 68.7 Å². The van der Waals surface area contributed by atoms with Crippen LogP contribution in [0.5, 0.6) is 5.75 Å². The minimum atomic E-state index is 0.772. The lowest BCUT2D eigenvalue weighted by atomic mass is 10.1. The van der Waals surface area contributed by atoms with Crippen LogP contribution >= 0.6 is 0 Å². The van der Waals surface area contributed by atoms with Gasteiger partial charge in [-0.3, -0.25) is 0 Å². The zero-order valence-corrected chi connectivity index (χ0v) is 17.6. The predicted molar refractivity (Wildman–Crippen MR) is 125 cm³/mol. The van der Waals surface area contributed by atoms with Crippen molar-refractivity contribution in [2.45, 2.75) is 6.54 Å². The number of hydrogen-bond donors (Lipinski definition) is 2. The summed E-state index contributed by atoms with van der Waals surface area (Å²) < 4.78 is 10.7. The van der Waals surface area contributed by atoms with Crippen molar-refractivity contribution in [3.8, 4) is 17.1 Å². The number of benzene rings is 3. The third-order valence-corrected chi connectivity index (χ3v) is 5.66. The summed E-state index contributed by atoms with van der Waals surface area (Å²) in [6.45, 7) is 4.29. The topological polar surface area (TPSA) is 62.4 Å². The van der Waals surface area contributed by atoms with Gasteiger partial charge in [0.2, 0.25) is 0 Å². The summed E-state index contributed by atoms with van der Waals surface area (Å²) >= 11 is 0. The monoisotopic (exact) mass is 414 g/mol. The Morgan fingerprint density at radius 2 is 1.77 bits per heavy atom. The number of imidazole rings is 1. The Labute approximate surface area is 181 Å². The van der Waals surface area contributed by atoms with Crippen LogP contribution in [0.4, 0.5) is 11.4 Å². The summed E-state index contributed by atoms with van der Waals surface area (Å²) in [6, 6.07) is 23.0. The van der Waals surface area contributed by atoms with Crippen LogP contribution in [0.25, 0.3) is 22.4 Å². The molecule has 0 spiro atoms. The Morgan fingerprint density at radius 1 is 1.00 bits per heavy atom. The molecule has 6 nitrogen and oxygen atoms in total. The molecule has 158 valence electrons. The van der Waals surface area contributed by atoms with E-state index in [1.54, 1.807) is 7.11 Å². The molecule has 2 heterocycles. The van der Waals surface area contributed by atoms with E-state index in [9.17, 15) is 0 Å². The molecule has 0 bridgehead atoms. The smallest absolute Gasteiger partial charge is 0.138 e. The van der Waals surface area contributed by atoms with Gasteiger partial charge in [-0.25, -0.2) is 4.98 Å². The maximum Gasteiger partial charge on any atom is 0.138 e. The quantitative estimate of drug-likeness (QED) is 0.479. The van der Waals surface area contributed by atoms with Crippen LogP contribution in [0.2, 0.25) is 0 Å². The van der Waals surface area contributed by atoms with Crippen LogP contribution in [0.1, 0.15) is 5.56 Å². The molecule has 3 aromatic carbocycles. The largest absolute Gasteiger partial charge is 0.497 e. The van der Waals surface area contributed by atoms with Crippen molar-refractivity contribution in [3.63, 3.8) is 0 Å². The maximum atomic E-state index is 5.43. The standard InChI is InChI=1S/C25H26N4O2/c1-30-22-10-11-23-24(16-22)28-25(27-23)19-4-2-18(3-5-19)17-26-20-6-8-21(9-7-20)29-12-14-31-15-13-29/h2-11,16,26H,12-15,17H2,1H3,(H,27,28). The van der Waals surface area contributed by atoms with Crippen LogP contribution in [-0.2, 0) is 11.3 Å². The lowest BCUT2D eigenvalue weighted by molar-refractivity contribution is 0.122. The molecule has 0 radical (unpaired) electrons. The molecule has 1 aliphatic rings. The predicted octanol–water partition coefficient (Wildman–Crippen LogP) is 4.69. The molecule has 6 heteroatoms. The first-order valence-corrected chi connectivity index (χ1v) is 10.6. The molecule has 0 atom stereocenters. The van der Waals surface area contributed by atoms with Crippen molar-refractivity contribution in [2.24, 2.45) is 0 Å². The van der Waals surface area contributed by atoms with Crippen molar-refractivity contribution < 1.29 is 9.47 Å². The number of anilines is 2. The fourth-order valence-electron chi connectivity index (χ4n) is 3.85. The highest BCUT2D eigenvalue weighted by Crippen LogP contribution is 2.24. The van der Waals surface area contributed by atoms with Gasteiger partial charge in [-0.05, 0) is 42.0 Å². The average Bonchev–Trinajstić information content (AvgIpc) is 3.27. The van der Waals surface area contributed by atoms with Gasteiger partial charge in [0.05, 0.1) is 31.4 Å². The van der Waals surface area contributed by atoms with Crippen molar-refractivity contribution in [1.29, 1.82) is 0 Å². The summed E-state index contributed by atoms with van der Waals surface area (Å²) in [6.07, 6.45) is 0. The number of fused-ring (bicyclic) bond motifs is 1. The molecule has 4 aromatic rings. The lowest BCUT2D eigenvalue weighted by Gasteiger charge is -2.28. The van der Waals surface area contributed by atoms with Crippen molar-refractivity contribution >= 4 is 22.4 Å². The summed E-state index contributed by atoms with van der Waals surface area (Å²) in [5.41, 5.74) is 6.56. The van der Waals surface area contributed by atoms with E-state index in [1.165, 1.54) is 11.3 Å². The normalized spacial score (nSPS) is 14.0. The molecule has 1 saturated heterocycles. The molecular weight excluding hydrogens is 388 g/mol. The number of nitrogens with zero attached hydrogens (tertiary/aromatic N) is 2. The van der Waals surface area contributed by atoms with E-state index in [4.69, 9.17) is 9.47 Å². The van der Waals surface area contributed by atoms with E-state index < -0.39 is 0 Å². The first kappa shape index (κ1) is 19.5. The molecule has 0 unspecified atom stereocenters. The number of nitrogens with one attached hydrogen (secondary N) is 2. The van der Waals surface area contributed by atoms with Gasteiger partial charge >= 0.3 is 0 Å². The molecule has 1 aromatic heterocycles. The number of ether oxygens (including phenoxy) is 2. The Kier molecular flexibility index (Phi) is 5.46. The minimum Gasteiger partial charge on any atom is -0.497 e. The number of methoxy groups -OCH3 is 1. The first-order chi connectivity index (χ1) is 15.3. The van der Waals surface area contributed by atoms with Gasteiger partial charge in [-0.1, -0.05) is 24.3 Å². The van der Waals surface area contributed by atoms with E-state index in [0.717, 1.165) is 66.7 Å². The van der Waals surface area contributed by atoms with E-state index >= 15 is 0 Å². The van der Waals surface area contributed by atoms with Crippen LogP contribution < -0.4 is 15.0 Å². The number of morpholine rings is 1. The molecular formula is C25H26N4O2. The zero-order valence-electron chi connectivity index (χ0n) is 17.6. The number of aromatic amines is 1. The Balaban J connectivity index is 1.22. The van der Waals surface area contributed by atoms with Crippen LogP contribution in [-0.4, -0.2) is 43.4 Å². The second kappa shape index (κ2) is 8.70. The van der Waals surface area contributed by atoms with Crippen molar-refractivity contribution in [3.05, 3.63) is 72.3 Å². The minimum absolute atomic E-state index is 0.772. The molecule has 0 aliphatic carbocycles. The number of aromatic nitrogens is 2. The van der Waals surface area contributed by atoms with Gasteiger partial charge in [-0.15, -0.1) is 0 Å². The average molecular weight is 415 g/mol. The number of H-pyrrole nitrogens is 1. The van der Waals surface area contributed by atoms with Gasteiger partial charge in [0, 0.05) is 42.6 Å². The Hall–Kier alpha value is -3.51. The van der Waals surface area contributed by atoms with Crippen molar-refractivity contribution in [1.82, 2.24) is 9.97 Å². The van der Waals surface area contributed by atoms with Crippen LogP contribution in [0.3, 0.4) is 0 Å². The summed E-state index contributed by atoms with van der Waals surface area (Å²) in [7, 11) is 1.67. The molecule has 0 amide bonds. The third-order valence-electron chi connectivity index (χ3n) is 5.66. The Bertz CT molecular complexity index is 1150. The van der Waals surface area contributed by atoms with Gasteiger partial charge < -0.3 is 24.7 Å². The van der Waals surface area contributed by atoms with Crippen LogP contribution in [0.15, 0.2) is 66.7 Å². The highest BCUT2D eigenvalue weighted by molar-refractivity contribution is 5.80. The molecule has 2 N–H and O–H groups in total. The van der Waals surface area contributed by atoms with Gasteiger partial charge in [0.15, 0.2) is 0 Å². The molecule has 5 rings (SSSR count). The van der Waals surface area contributed by atoms with E-state index in [-0.39, 0.29) is 0 Å². The van der Waals surface area contributed by atoms with Crippen molar-refractivity contribution in [2.75, 3.05) is 43.6 Å².